The first-order chi connectivity index (χ1) is 8.60. The molecule has 1 aromatic carbocycles. The van der Waals surface area contributed by atoms with Crippen molar-refractivity contribution >= 4 is 34.8 Å². The molecule has 94 valence electrons. The highest BCUT2D eigenvalue weighted by atomic mass is 35.5. The fraction of sp³-hybridized carbons (Fsp3) is 0.154. The average Bonchev–Trinajstić information content (AvgIpc) is 2.65. The summed E-state index contributed by atoms with van der Waals surface area (Å²) >= 11 is 12.1. The monoisotopic (exact) mass is 281 g/mol. The standard InChI is InChI=1S/C13H13Cl2N3/c1-3-6-18-8-9(2)16-13(18)17-12-7-10(14)4-5-11(12)15/h3-5,7-8H,1,6H2,2H3,(H,16,17). The van der Waals surface area contributed by atoms with Gasteiger partial charge in [0, 0.05) is 17.8 Å². The second-order valence-corrected chi connectivity index (χ2v) is 4.74. The van der Waals surface area contributed by atoms with Crippen LogP contribution in [0.5, 0.6) is 0 Å². The molecule has 0 amide bonds. The molecule has 2 rings (SSSR count). The zero-order valence-corrected chi connectivity index (χ0v) is 11.5. The molecule has 5 heteroatoms. The third-order valence-electron chi connectivity index (χ3n) is 2.40. The predicted molar refractivity (Wildman–Crippen MR) is 76.9 cm³/mol. The minimum atomic E-state index is 0.602. The number of nitrogens with one attached hydrogen (secondary N) is 1. The minimum Gasteiger partial charge on any atom is -0.324 e. The molecule has 0 unspecified atom stereocenters. The maximum Gasteiger partial charge on any atom is 0.207 e. The third kappa shape index (κ3) is 2.86. The van der Waals surface area contributed by atoms with Crippen LogP contribution in [0.1, 0.15) is 5.69 Å². The summed E-state index contributed by atoms with van der Waals surface area (Å²) in [7, 11) is 0. The van der Waals surface area contributed by atoms with Gasteiger partial charge in [-0.25, -0.2) is 4.98 Å². The van der Waals surface area contributed by atoms with E-state index >= 15 is 0 Å². The number of aryl methyl sites for hydroxylation is 1. The molecule has 1 N–H and O–H groups in total. The molecule has 0 radical (unpaired) electrons. The van der Waals surface area contributed by atoms with Crippen LogP contribution in [-0.4, -0.2) is 9.55 Å². The summed E-state index contributed by atoms with van der Waals surface area (Å²) in [5.41, 5.74) is 1.66. The Kier molecular flexibility index (Phi) is 3.94. The van der Waals surface area contributed by atoms with Crippen LogP contribution in [0, 0.1) is 6.92 Å². The summed E-state index contributed by atoms with van der Waals surface area (Å²) in [6.45, 7) is 6.34. The van der Waals surface area contributed by atoms with Crippen LogP contribution in [0.4, 0.5) is 11.6 Å². The molecule has 18 heavy (non-hydrogen) atoms. The SMILES string of the molecule is C=CCn1cc(C)nc1Nc1cc(Cl)ccc1Cl. The number of benzene rings is 1. The van der Waals surface area contributed by atoms with Crippen molar-refractivity contribution < 1.29 is 0 Å². The summed E-state index contributed by atoms with van der Waals surface area (Å²) in [4.78, 5) is 4.40. The molecule has 1 heterocycles. The van der Waals surface area contributed by atoms with E-state index < -0.39 is 0 Å². The zero-order valence-electron chi connectivity index (χ0n) is 9.95. The van der Waals surface area contributed by atoms with E-state index in [1.165, 1.54) is 0 Å². The van der Waals surface area contributed by atoms with Gasteiger partial charge in [0.05, 0.1) is 16.4 Å². The molecule has 0 saturated carbocycles. The number of hydrogen-bond donors (Lipinski definition) is 1. The van der Waals surface area contributed by atoms with Gasteiger partial charge in [-0.1, -0.05) is 29.3 Å². The molecule has 0 saturated heterocycles. The van der Waals surface area contributed by atoms with Crippen molar-refractivity contribution in [2.24, 2.45) is 0 Å². The van der Waals surface area contributed by atoms with Crippen LogP contribution >= 0.6 is 23.2 Å². The molecular formula is C13H13Cl2N3. The number of rotatable bonds is 4. The van der Waals surface area contributed by atoms with E-state index in [9.17, 15) is 0 Å². The van der Waals surface area contributed by atoms with Gasteiger partial charge in [0.15, 0.2) is 0 Å². The number of aromatic nitrogens is 2. The second-order valence-electron chi connectivity index (χ2n) is 3.90. The van der Waals surface area contributed by atoms with Gasteiger partial charge in [0.2, 0.25) is 5.95 Å². The number of anilines is 2. The summed E-state index contributed by atoms with van der Waals surface area (Å²) in [6.07, 6.45) is 3.76. The van der Waals surface area contributed by atoms with E-state index in [0.717, 1.165) is 17.3 Å². The molecule has 1 aromatic heterocycles. The summed E-state index contributed by atoms with van der Waals surface area (Å²) in [5.74, 6) is 0.719. The lowest BCUT2D eigenvalue weighted by Gasteiger charge is -2.09. The Hall–Kier alpha value is -1.45. The van der Waals surface area contributed by atoms with Gasteiger partial charge in [-0.05, 0) is 25.1 Å². The Morgan fingerprint density at radius 2 is 2.22 bits per heavy atom. The summed E-state index contributed by atoms with van der Waals surface area (Å²) < 4.78 is 1.96. The molecule has 0 spiro atoms. The van der Waals surface area contributed by atoms with Crippen molar-refractivity contribution in [2.75, 3.05) is 5.32 Å². The highest BCUT2D eigenvalue weighted by Gasteiger charge is 2.07. The van der Waals surface area contributed by atoms with Crippen LogP contribution in [0.3, 0.4) is 0 Å². The Morgan fingerprint density at radius 1 is 1.44 bits per heavy atom. The molecule has 0 aliphatic carbocycles. The molecule has 0 atom stereocenters. The first-order valence-electron chi connectivity index (χ1n) is 5.47. The highest BCUT2D eigenvalue weighted by molar-refractivity contribution is 6.35. The Morgan fingerprint density at radius 3 is 2.94 bits per heavy atom. The van der Waals surface area contributed by atoms with E-state index in [2.05, 4.69) is 16.9 Å². The quantitative estimate of drug-likeness (QED) is 0.841. The van der Waals surface area contributed by atoms with E-state index in [-0.39, 0.29) is 0 Å². The van der Waals surface area contributed by atoms with E-state index in [1.807, 2.05) is 23.8 Å². The minimum absolute atomic E-state index is 0.602. The number of nitrogens with zero attached hydrogens (tertiary/aromatic N) is 2. The molecule has 0 aliphatic rings. The van der Waals surface area contributed by atoms with Crippen molar-refractivity contribution in [3.63, 3.8) is 0 Å². The van der Waals surface area contributed by atoms with Gasteiger partial charge < -0.3 is 9.88 Å². The predicted octanol–water partition coefficient (Wildman–Crippen LogP) is 4.43. The maximum atomic E-state index is 6.10. The van der Waals surface area contributed by atoms with Crippen molar-refractivity contribution in [1.29, 1.82) is 0 Å². The van der Waals surface area contributed by atoms with Crippen molar-refractivity contribution in [2.45, 2.75) is 13.5 Å². The maximum absolute atomic E-state index is 6.10. The van der Waals surface area contributed by atoms with E-state index in [0.29, 0.717) is 16.6 Å². The topological polar surface area (TPSA) is 29.9 Å². The number of halogens is 2. The smallest absolute Gasteiger partial charge is 0.207 e. The summed E-state index contributed by atoms with van der Waals surface area (Å²) in [5, 5.41) is 4.40. The van der Waals surface area contributed by atoms with Gasteiger partial charge in [-0.3, -0.25) is 0 Å². The van der Waals surface area contributed by atoms with Gasteiger partial charge in [-0.15, -0.1) is 6.58 Å². The first-order valence-corrected chi connectivity index (χ1v) is 6.22. The molecule has 0 aliphatic heterocycles. The lowest BCUT2D eigenvalue weighted by molar-refractivity contribution is 0.832. The van der Waals surface area contributed by atoms with Crippen LogP contribution in [0.2, 0.25) is 10.0 Å². The number of allylic oxidation sites excluding steroid dienone is 1. The van der Waals surface area contributed by atoms with Gasteiger partial charge in [0.25, 0.3) is 0 Å². The second kappa shape index (κ2) is 5.46. The molecule has 0 bridgehead atoms. The first kappa shape index (κ1) is 13.0. The summed E-state index contributed by atoms with van der Waals surface area (Å²) in [6, 6.07) is 5.27. The molecule has 0 fully saturated rings. The fourth-order valence-corrected chi connectivity index (χ4v) is 1.98. The molecular weight excluding hydrogens is 269 g/mol. The number of imidazole rings is 1. The third-order valence-corrected chi connectivity index (χ3v) is 2.96. The Balaban J connectivity index is 2.33. The van der Waals surface area contributed by atoms with Crippen LogP contribution in [-0.2, 0) is 6.54 Å². The van der Waals surface area contributed by atoms with Crippen molar-refractivity contribution in [3.05, 3.63) is 52.8 Å². The van der Waals surface area contributed by atoms with Crippen LogP contribution < -0.4 is 5.32 Å². The highest BCUT2D eigenvalue weighted by Crippen LogP contribution is 2.28. The van der Waals surface area contributed by atoms with Gasteiger partial charge >= 0.3 is 0 Å². The normalized spacial score (nSPS) is 10.4. The van der Waals surface area contributed by atoms with E-state index in [1.54, 1.807) is 18.2 Å². The zero-order chi connectivity index (χ0) is 13.1. The van der Waals surface area contributed by atoms with E-state index in [4.69, 9.17) is 23.2 Å². The van der Waals surface area contributed by atoms with Gasteiger partial charge in [0.1, 0.15) is 0 Å². The molecule has 2 aromatic rings. The molecule has 3 nitrogen and oxygen atoms in total. The lowest BCUT2D eigenvalue weighted by atomic mass is 10.3. The number of hydrogen-bond acceptors (Lipinski definition) is 2. The van der Waals surface area contributed by atoms with Gasteiger partial charge in [-0.2, -0.15) is 0 Å². The van der Waals surface area contributed by atoms with Crippen molar-refractivity contribution in [1.82, 2.24) is 9.55 Å². The Labute approximate surface area is 116 Å². The fourth-order valence-electron chi connectivity index (χ4n) is 1.64. The average molecular weight is 282 g/mol. The van der Waals surface area contributed by atoms with Crippen molar-refractivity contribution in [3.8, 4) is 0 Å². The largest absolute Gasteiger partial charge is 0.324 e. The lowest BCUT2D eigenvalue weighted by Crippen LogP contribution is -2.02. The van der Waals surface area contributed by atoms with Crippen LogP contribution in [0.25, 0.3) is 0 Å². The van der Waals surface area contributed by atoms with Crippen LogP contribution in [0.15, 0.2) is 37.1 Å². The Bertz CT molecular complexity index is 576.